The smallest absolute Gasteiger partial charge is 0.309 e. The van der Waals surface area contributed by atoms with Crippen molar-refractivity contribution in [1.82, 2.24) is 0 Å². The van der Waals surface area contributed by atoms with E-state index in [1.165, 1.54) is 6.42 Å². The van der Waals surface area contributed by atoms with Crippen molar-refractivity contribution in [2.45, 2.75) is 51.9 Å². The van der Waals surface area contributed by atoms with E-state index in [4.69, 9.17) is 4.18 Å². The fraction of sp³-hybridized carbons (Fsp3) is 0.588. The molecule has 0 N–H and O–H groups in total. The molecule has 1 saturated carbocycles. The standard InChI is InChI=1S/C17H24O4S/c1-14(18)7-8-15-9-11-17(12-10-15)21-22(19,20)13-16-5-3-2-4-6-16/h9-12,16H,2-8,13H2,1H3. The Balaban J connectivity index is 1.89. The number of carbonyl (C=O) groups excluding carboxylic acids is 1. The van der Waals surface area contributed by atoms with Gasteiger partial charge in [0.1, 0.15) is 11.5 Å². The van der Waals surface area contributed by atoms with E-state index in [2.05, 4.69) is 0 Å². The van der Waals surface area contributed by atoms with Crippen LogP contribution < -0.4 is 4.18 Å². The SMILES string of the molecule is CC(=O)CCc1ccc(OS(=O)(=O)CC2CCCCC2)cc1. The van der Waals surface area contributed by atoms with E-state index in [1.807, 2.05) is 12.1 Å². The molecule has 0 aromatic heterocycles. The summed E-state index contributed by atoms with van der Waals surface area (Å²) in [6, 6.07) is 6.95. The molecule has 2 rings (SSSR count). The van der Waals surface area contributed by atoms with Crippen LogP contribution in [0.1, 0.15) is 51.0 Å². The summed E-state index contributed by atoms with van der Waals surface area (Å²) in [5, 5.41) is 0. The van der Waals surface area contributed by atoms with Gasteiger partial charge in [-0.3, -0.25) is 0 Å². The first kappa shape index (κ1) is 17.0. The number of aryl methyl sites for hydroxylation is 1. The van der Waals surface area contributed by atoms with Crippen LogP contribution in [0.2, 0.25) is 0 Å². The first-order valence-electron chi connectivity index (χ1n) is 7.95. The molecule has 1 fully saturated rings. The van der Waals surface area contributed by atoms with Crippen LogP contribution in [0.3, 0.4) is 0 Å². The average molecular weight is 324 g/mol. The van der Waals surface area contributed by atoms with E-state index in [9.17, 15) is 13.2 Å². The lowest BCUT2D eigenvalue weighted by Crippen LogP contribution is -2.22. The molecule has 0 amide bonds. The molecule has 0 spiro atoms. The lowest BCUT2D eigenvalue weighted by Gasteiger charge is -2.21. The summed E-state index contributed by atoms with van der Waals surface area (Å²) in [6.45, 7) is 1.56. The second kappa shape index (κ2) is 7.77. The molecule has 5 heteroatoms. The molecule has 0 saturated heterocycles. The van der Waals surface area contributed by atoms with Gasteiger partial charge >= 0.3 is 10.1 Å². The minimum absolute atomic E-state index is 0.110. The predicted octanol–water partition coefficient (Wildman–Crippen LogP) is 3.50. The molecular formula is C17H24O4S. The Hall–Kier alpha value is -1.36. The normalized spacial score (nSPS) is 16.4. The highest BCUT2D eigenvalue weighted by atomic mass is 32.2. The minimum atomic E-state index is -3.53. The third-order valence-corrected chi connectivity index (χ3v) is 5.40. The Labute approximate surface area is 133 Å². The molecule has 1 aromatic rings. The maximum absolute atomic E-state index is 12.1. The number of benzene rings is 1. The number of carbonyl (C=O) groups is 1. The fourth-order valence-corrected chi connectivity index (χ4v) is 4.24. The van der Waals surface area contributed by atoms with Crippen LogP contribution in [0.15, 0.2) is 24.3 Å². The van der Waals surface area contributed by atoms with Crippen LogP contribution in [0, 0.1) is 5.92 Å². The molecule has 0 radical (unpaired) electrons. The van der Waals surface area contributed by atoms with Gasteiger partial charge in [0.05, 0.1) is 5.75 Å². The number of hydrogen-bond acceptors (Lipinski definition) is 4. The highest BCUT2D eigenvalue weighted by Crippen LogP contribution is 2.26. The monoisotopic (exact) mass is 324 g/mol. The van der Waals surface area contributed by atoms with Crippen molar-refractivity contribution in [3.05, 3.63) is 29.8 Å². The quantitative estimate of drug-likeness (QED) is 0.720. The summed E-state index contributed by atoms with van der Waals surface area (Å²) in [5.41, 5.74) is 1.01. The molecular weight excluding hydrogens is 300 g/mol. The summed E-state index contributed by atoms with van der Waals surface area (Å²) in [7, 11) is -3.53. The summed E-state index contributed by atoms with van der Waals surface area (Å²) < 4.78 is 29.4. The predicted molar refractivity (Wildman–Crippen MR) is 86.4 cm³/mol. The van der Waals surface area contributed by atoms with Gasteiger partial charge in [-0.2, -0.15) is 8.42 Å². The number of ketones is 1. The Morgan fingerprint density at radius 3 is 2.36 bits per heavy atom. The maximum atomic E-state index is 12.1. The highest BCUT2D eigenvalue weighted by molar-refractivity contribution is 7.87. The number of hydrogen-bond donors (Lipinski definition) is 0. The zero-order valence-electron chi connectivity index (χ0n) is 13.1. The summed E-state index contributed by atoms with van der Waals surface area (Å²) in [5.74, 6) is 0.838. The third-order valence-electron chi connectivity index (χ3n) is 4.08. The Kier molecular flexibility index (Phi) is 6.00. The van der Waals surface area contributed by atoms with Crippen LogP contribution in [-0.2, 0) is 21.3 Å². The van der Waals surface area contributed by atoms with Crippen molar-refractivity contribution in [1.29, 1.82) is 0 Å². The Morgan fingerprint density at radius 2 is 1.77 bits per heavy atom. The van der Waals surface area contributed by atoms with Crippen LogP contribution in [0.5, 0.6) is 5.75 Å². The van der Waals surface area contributed by atoms with E-state index in [0.717, 1.165) is 31.2 Å². The second-order valence-electron chi connectivity index (χ2n) is 6.16. The van der Waals surface area contributed by atoms with E-state index in [0.29, 0.717) is 18.6 Å². The number of Topliss-reactive ketones (excluding diaryl/α,β-unsaturated/α-hetero) is 1. The summed E-state index contributed by atoms with van der Waals surface area (Å²) >= 11 is 0. The van der Waals surface area contributed by atoms with Crippen molar-refractivity contribution >= 4 is 15.9 Å². The van der Waals surface area contributed by atoms with Gasteiger partial charge in [0.25, 0.3) is 0 Å². The molecule has 1 aliphatic carbocycles. The van der Waals surface area contributed by atoms with Gasteiger partial charge < -0.3 is 8.98 Å². The number of rotatable bonds is 7. The van der Waals surface area contributed by atoms with Crippen molar-refractivity contribution in [2.24, 2.45) is 5.92 Å². The first-order chi connectivity index (χ1) is 10.4. The van der Waals surface area contributed by atoms with Crippen molar-refractivity contribution in [3.63, 3.8) is 0 Å². The highest BCUT2D eigenvalue weighted by Gasteiger charge is 2.22. The van der Waals surface area contributed by atoms with Gasteiger partial charge in [-0.25, -0.2) is 0 Å². The maximum Gasteiger partial charge on any atom is 0.309 e. The second-order valence-corrected chi connectivity index (χ2v) is 7.77. The lowest BCUT2D eigenvalue weighted by atomic mass is 9.91. The first-order valence-corrected chi connectivity index (χ1v) is 9.53. The van der Waals surface area contributed by atoms with E-state index >= 15 is 0 Å². The van der Waals surface area contributed by atoms with Gasteiger partial charge in [0, 0.05) is 6.42 Å². The molecule has 0 bridgehead atoms. The van der Waals surface area contributed by atoms with Gasteiger partial charge in [0.15, 0.2) is 0 Å². The van der Waals surface area contributed by atoms with Crippen molar-refractivity contribution in [2.75, 3.05) is 5.75 Å². The van der Waals surface area contributed by atoms with Gasteiger partial charge in [0.2, 0.25) is 0 Å². The molecule has 1 aromatic carbocycles. The Morgan fingerprint density at radius 1 is 1.14 bits per heavy atom. The molecule has 0 aliphatic heterocycles. The van der Waals surface area contributed by atoms with Crippen molar-refractivity contribution < 1.29 is 17.4 Å². The van der Waals surface area contributed by atoms with Crippen LogP contribution >= 0.6 is 0 Å². The van der Waals surface area contributed by atoms with Gasteiger partial charge in [-0.05, 0) is 49.8 Å². The van der Waals surface area contributed by atoms with E-state index in [-0.39, 0.29) is 17.5 Å². The van der Waals surface area contributed by atoms with E-state index < -0.39 is 10.1 Å². The lowest BCUT2D eigenvalue weighted by molar-refractivity contribution is -0.116. The van der Waals surface area contributed by atoms with Crippen molar-refractivity contribution in [3.8, 4) is 5.75 Å². The summed E-state index contributed by atoms with van der Waals surface area (Å²) in [6.07, 6.45) is 6.57. The van der Waals surface area contributed by atoms with Crippen LogP contribution in [0.25, 0.3) is 0 Å². The fourth-order valence-electron chi connectivity index (χ4n) is 2.86. The largest absolute Gasteiger partial charge is 0.382 e. The average Bonchev–Trinajstić information content (AvgIpc) is 2.46. The van der Waals surface area contributed by atoms with Crippen LogP contribution in [0.4, 0.5) is 0 Å². The van der Waals surface area contributed by atoms with Gasteiger partial charge in [-0.1, -0.05) is 31.4 Å². The van der Waals surface area contributed by atoms with Crippen LogP contribution in [-0.4, -0.2) is 20.0 Å². The molecule has 1 aliphatic rings. The summed E-state index contributed by atoms with van der Waals surface area (Å²) in [4.78, 5) is 11.0. The molecule has 0 atom stereocenters. The van der Waals surface area contributed by atoms with Gasteiger partial charge in [-0.15, -0.1) is 0 Å². The topological polar surface area (TPSA) is 60.4 Å². The zero-order chi connectivity index (χ0) is 16.0. The zero-order valence-corrected chi connectivity index (χ0v) is 13.9. The molecule has 122 valence electrons. The molecule has 0 heterocycles. The third kappa shape index (κ3) is 5.79. The Bertz CT molecular complexity index is 584. The molecule has 4 nitrogen and oxygen atoms in total. The minimum Gasteiger partial charge on any atom is -0.382 e. The molecule has 0 unspecified atom stereocenters. The van der Waals surface area contributed by atoms with E-state index in [1.54, 1.807) is 19.1 Å². The molecule has 22 heavy (non-hydrogen) atoms.